The lowest BCUT2D eigenvalue weighted by Gasteiger charge is -1.97. The van der Waals surface area contributed by atoms with E-state index >= 15 is 0 Å². The predicted molar refractivity (Wildman–Crippen MR) is 79.7 cm³/mol. The Balaban J connectivity index is 1.95. The van der Waals surface area contributed by atoms with Crippen molar-refractivity contribution < 1.29 is 0 Å². The zero-order valence-corrected chi connectivity index (χ0v) is 10.9. The lowest BCUT2D eigenvalue weighted by atomic mass is 10.1. The SMILES string of the molecule is Cc1ccccc1C=Cc1nc2ccccc2s1. The first-order valence-electron chi connectivity index (χ1n) is 5.92. The van der Waals surface area contributed by atoms with Crippen LogP contribution >= 0.6 is 11.3 Å². The van der Waals surface area contributed by atoms with E-state index in [-0.39, 0.29) is 0 Å². The molecule has 0 aliphatic rings. The van der Waals surface area contributed by atoms with Crippen LogP contribution in [-0.4, -0.2) is 4.98 Å². The number of nitrogens with zero attached hydrogens (tertiary/aromatic N) is 1. The van der Waals surface area contributed by atoms with Gasteiger partial charge in [-0.25, -0.2) is 4.98 Å². The van der Waals surface area contributed by atoms with E-state index < -0.39 is 0 Å². The van der Waals surface area contributed by atoms with Crippen LogP contribution in [0.25, 0.3) is 22.4 Å². The van der Waals surface area contributed by atoms with Gasteiger partial charge in [0, 0.05) is 0 Å². The van der Waals surface area contributed by atoms with Crippen LogP contribution in [0.2, 0.25) is 0 Å². The summed E-state index contributed by atoms with van der Waals surface area (Å²) in [5.41, 5.74) is 3.61. The van der Waals surface area contributed by atoms with Crippen molar-refractivity contribution in [2.45, 2.75) is 6.92 Å². The van der Waals surface area contributed by atoms with Gasteiger partial charge in [-0.05, 0) is 36.3 Å². The number of rotatable bonds is 2. The van der Waals surface area contributed by atoms with E-state index in [9.17, 15) is 0 Å². The van der Waals surface area contributed by atoms with Crippen molar-refractivity contribution in [2.24, 2.45) is 0 Å². The van der Waals surface area contributed by atoms with Gasteiger partial charge < -0.3 is 0 Å². The third-order valence-electron chi connectivity index (χ3n) is 2.90. The first-order valence-corrected chi connectivity index (χ1v) is 6.74. The number of fused-ring (bicyclic) bond motifs is 1. The maximum Gasteiger partial charge on any atom is 0.117 e. The maximum absolute atomic E-state index is 4.59. The second-order valence-corrected chi connectivity index (χ2v) is 5.27. The minimum atomic E-state index is 1.06. The second-order valence-electron chi connectivity index (χ2n) is 4.21. The van der Waals surface area contributed by atoms with Crippen LogP contribution in [0.4, 0.5) is 0 Å². The molecule has 0 aliphatic carbocycles. The molecule has 0 saturated carbocycles. The summed E-state index contributed by atoms with van der Waals surface area (Å²) >= 11 is 1.72. The second kappa shape index (κ2) is 4.75. The molecule has 1 nitrogen and oxygen atoms in total. The molecule has 3 aromatic rings. The summed E-state index contributed by atoms with van der Waals surface area (Å²) < 4.78 is 1.24. The topological polar surface area (TPSA) is 12.9 Å². The summed E-state index contributed by atoms with van der Waals surface area (Å²) in [6.07, 6.45) is 4.22. The molecular weight excluding hydrogens is 238 g/mol. The van der Waals surface area contributed by atoms with Crippen LogP contribution in [0.15, 0.2) is 48.5 Å². The minimum Gasteiger partial charge on any atom is -0.237 e. The van der Waals surface area contributed by atoms with Crippen molar-refractivity contribution in [3.8, 4) is 0 Å². The maximum atomic E-state index is 4.59. The van der Waals surface area contributed by atoms with Gasteiger partial charge in [-0.3, -0.25) is 0 Å². The molecule has 1 heterocycles. The van der Waals surface area contributed by atoms with Crippen molar-refractivity contribution in [3.63, 3.8) is 0 Å². The van der Waals surface area contributed by atoms with E-state index in [0.717, 1.165) is 10.5 Å². The normalized spacial score (nSPS) is 11.4. The van der Waals surface area contributed by atoms with Gasteiger partial charge in [0.25, 0.3) is 0 Å². The van der Waals surface area contributed by atoms with Crippen molar-refractivity contribution >= 4 is 33.7 Å². The van der Waals surface area contributed by atoms with Crippen molar-refractivity contribution in [3.05, 3.63) is 64.7 Å². The minimum absolute atomic E-state index is 1.06. The molecule has 88 valence electrons. The van der Waals surface area contributed by atoms with Crippen LogP contribution < -0.4 is 0 Å². The summed E-state index contributed by atoms with van der Waals surface area (Å²) in [6.45, 7) is 2.12. The Morgan fingerprint density at radius 1 is 0.944 bits per heavy atom. The Morgan fingerprint density at radius 3 is 2.56 bits per heavy atom. The first-order chi connectivity index (χ1) is 8.83. The molecule has 0 spiro atoms. The van der Waals surface area contributed by atoms with Crippen molar-refractivity contribution in [2.75, 3.05) is 0 Å². The highest BCUT2D eigenvalue weighted by Crippen LogP contribution is 2.23. The van der Waals surface area contributed by atoms with Gasteiger partial charge in [0.05, 0.1) is 10.2 Å². The molecule has 3 rings (SSSR count). The molecule has 0 aliphatic heterocycles. The van der Waals surface area contributed by atoms with E-state index in [1.54, 1.807) is 11.3 Å². The Hall–Kier alpha value is -1.93. The third-order valence-corrected chi connectivity index (χ3v) is 3.91. The van der Waals surface area contributed by atoms with Crippen molar-refractivity contribution in [1.82, 2.24) is 4.98 Å². The van der Waals surface area contributed by atoms with Crippen LogP contribution in [0.3, 0.4) is 0 Å². The average molecular weight is 251 g/mol. The quantitative estimate of drug-likeness (QED) is 0.639. The molecule has 0 atom stereocenters. The molecule has 0 fully saturated rings. The fraction of sp³-hybridized carbons (Fsp3) is 0.0625. The number of hydrogen-bond acceptors (Lipinski definition) is 2. The molecule has 0 bridgehead atoms. The zero-order valence-electron chi connectivity index (χ0n) is 10.1. The number of para-hydroxylation sites is 1. The monoisotopic (exact) mass is 251 g/mol. The van der Waals surface area contributed by atoms with Gasteiger partial charge >= 0.3 is 0 Å². The number of aromatic nitrogens is 1. The molecule has 0 N–H and O–H groups in total. The largest absolute Gasteiger partial charge is 0.237 e. The fourth-order valence-electron chi connectivity index (χ4n) is 1.90. The van der Waals surface area contributed by atoms with E-state index in [2.05, 4.69) is 66.5 Å². The van der Waals surface area contributed by atoms with Gasteiger partial charge in [0.15, 0.2) is 0 Å². The van der Waals surface area contributed by atoms with Crippen LogP contribution in [-0.2, 0) is 0 Å². The van der Waals surface area contributed by atoms with Crippen molar-refractivity contribution in [1.29, 1.82) is 0 Å². The van der Waals surface area contributed by atoms with E-state index in [0.29, 0.717) is 0 Å². The molecule has 0 amide bonds. The van der Waals surface area contributed by atoms with Crippen LogP contribution in [0, 0.1) is 6.92 Å². The Morgan fingerprint density at radius 2 is 1.72 bits per heavy atom. The average Bonchev–Trinajstić information content (AvgIpc) is 2.80. The number of thiazole rings is 1. The summed E-state index contributed by atoms with van der Waals surface area (Å²) in [5, 5.41) is 1.06. The Labute approximate surface area is 110 Å². The highest BCUT2D eigenvalue weighted by molar-refractivity contribution is 7.19. The molecule has 0 radical (unpaired) electrons. The fourth-order valence-corrected chi connectivity index (χ4v) is 2.77. The van der Waals surface area contributed by atoms with Gasteiger partial charge in [-0.1, -0.05) is 42.5 Å². The smallest absolute Gasteiger partial charge is 0.117 e. The van der Waals surface area contributed by atoms with Crippen LogP contribution in [0.1, 0.15) is 16.1 Å². The lowest BCUT2D eigenvalue weighted by molar-refractivity contribution is 1.44. The third kappa shape index (κ3) is 2.20. The summed E-state index contributed by atoms with van der Waals surface area (Å²) in [4.78, 5) is 4.59. The summed E-state index contributed by atoms with van der Waals surface area (Å²) in [6, 6.07) is 16.6. The van der Waals surface area contributed by atoms with Gasteiger partial charge in [-0.15, -0.1) is 11.3 Å². The highest BCUT2D eigenvalue weighted by Gasteiger charge is 1.99. The standard InChI is InChI=1S/C16H13NS/c1-12-6-2-3-7-13(12)10-11-16-17-14-8-4-5-9-15(14)18-16/h2-11H,1H3. The first kappa shape index (κ1) is 11.2. The number of aryl methyl sites for hydroxylation is 1. The molecule has 0 unspecified atom stereocenters. The van der Waals surface area contributed by atoms with Gasteiger partial charge in [0.1, 0.15) is 5.01 Å². The lowest BCUT2D eigenvalue weighted by Crippen LogP contribution is -1.77. The van der Waals surface area contributed by atoms with Gasteiger partial charge in [-0.2, -0.15) is 0 Å². The zero-order chi connectivity index (χ0) is 12.4. The van der Waals surface area contributed by atoms with E-state index in [1.165, 1.54) is 15.8 Å². The van der Waals surface area contributed by atoms with E-state index in [4.69, 9.17) is 0 Å². The number of hydrogen-bond donors (Lipinski definition) is 0. The highest BCUT2D eigenvalue weighted by atomic mass is 32.1. The molecular formula is C16H13NS. The molecule has 1 aromatic heterocycles. The predicted octanol–water partition coefficient (Wildman–Crippen LogP) is 4.78. The van der Waals surface area contributed by atoms with Gasteiger partial charge in [0.2, 0.25) is 0 Å². The van der Waals surface area contributed by atoms with Crippen LogP contribution in [0.5, 0.6) is 0 Å². The Bertz CT molecular complexity index is 677. The summed E-state index contributed by atoms with van der Waals surface area (Å²) in [7, 11) is 0. The molecule has 18 heavy (non-hydrogen) atoms. The Kier molecular flexibility index (Phi) is 2.95. The molecule has 0 saturated heterocycles. The van der Waals surface area contributed by atoms with E-state index in [1.807, 2.05) is 6.07 Å². The number of benzene rings is 2. The molecule has 2 heteroatoms. The summed E-state index contributed by atoms with van der Waals surface area (Å²) in [5.74, 6) is 0. The molecule has 2 aromatic carbocycles.